The molecule has 1 unspecified atom stereocenters. The number of amides is 1. The van der Waals surface area contributed by atoms with E-state index >= 15 is 0 Å². The first-order valence-corrected chi connectivity index (χ1v) is 9.86. The summed E-state index contributed by atoms with van der Waals surface area (Å²) in [6, 6.07) is 8.54. The normalized spacial score (nSPS) is 17.3. The maximum atomic E-state index is 13.3. The molecule has 1 fully saturated rings. The second-order valence-corrected chi connectivity index (χ2v) is 8.32. The second kappa shape index (κ2) is 7.75. The summed E-state index contributed by atoms with van der Waals surface area (Å²) in [5.74, 6) is 0.473. The Bertz CT molecular complexity index is 975. The number of aromatic nitrogens is 4. The van der Waals surface area contributed by atoms with Crippen LogP contribution in [0.15, 0.2) is 55.4 Å². The highest BCUT2D eigenvalue weighted by molar-refractivity contribution is 5.92. The van der Waals surface area contributed by atoms with Gasteiger partial charge in [-0.25, -0.2) is 9.97 Å². The van der Waals surface area contributed by atoms with Crippen LogP contribution < -0.4 is 5.32 Å². The van der Waals surface area contributed by atoms with E-state index < -0.39 is 0 Å². The van der Waals surface area contributed by atoms with Crippen molar-refractivity contribution in [2.75, 3.05) is 19.6 Å². The van der Waals surface area contributed by atoms with E-state index in [1.54, 1.807) is 29.5 Å². The number of hydrogen-bond acceptors (Lipinski definition) is 5. The summed E-state index contributed by atoms with van der Waals surface area (Å²) in [5, 5.41) is 3.41. The van der Waals surface area contributed by atoms with Gasteiger partial charge in [-0.3, -0.25) is 14.3 Å². The molecule has 1 aromatic carbocycles. The van der Waals surface area contributed by atoms with Crippen molar-refractivity contribution in [2.45, 2.75) is 32.2 Å². The topological polar surface area (TPSA) is 75.9 Å². The van der Waals surface area contributed by atoms with Gasteiger partial charge >= 0.3 is 0 Å². The minimum absolute atomic E-state index is 0.0380. The van der Waals surface area contributed by atoms with Crippen LogP contribution in [0.4, 0.5) is 0 Å². The van der Waals surface area contributed by atoms with E-state index in [4.69, 9.17) is 0 Å². The van der Waals surface area contributed by atoms with Gasteiger partial charge in [0.15, 0.2) is 5.82 Å². The van der Waals surface area contributed by atoms with Gasteiger partial charge in [0, 0.05) is 32.0 Å². The first-order chi connectivity index (χ1) is 13.9. The van der Waals surface area contributed by atoms with Gasteiger partial charge in [-0.2, -0.15) is 0 Å². The summed E-state index contributed by atoms with van der Waals surface area (Å²) < 4.78 is 1.74. The molecule has 1 aliphatic rings. The Labute approximate surface area is 170 Å². The van der Waals surface area contributed by atoms with Crippen LogP contribution in [-0.2, 0) is 5.41 Å². The Morgan fingerprint density at radius 1 is 1.14 bits per heavy atom. The lowest BCUT2D eigenvalue weighted by atomic mass is 9.86. The molecular formula is C22H26N6O. The van der Waals surface area contributed by atoms with E-state index in [0.717, 1.165) is 18.7 Å². The Morgan fingerprint density at radius 2 is 1.93 bits per heavy atom. The SMILES string of the molecule is CC(C)(C)c1ccc(C2CNCCN2C(=O)c2cncc(-n3ccnc3)n2)cc1. The largest absolute Gasteiger partial charge is 0.328 e. The molecule has 0 saturated carbocycles. The molecule has 3 aromatic rings. The van der Waals surface area contributed by atoms with Gasteiger partial charge in [0.05, 0.1) is 18.4 Å². The molecule has 3 heterocycles. The van der Waals surface area contributed by atoms with Crippen molar-refractivity contribution in [2.24, 2.45) is 0 Å². The minimum atomic E-state index is -0.106. The number of carbonyl (C=O) groups is 1. The molecule has 0 bridgehead atoms. The maximum Gasteiger partial charge on any atom is 0.274 e. The van der Waals surface area contributed by atoms with E-state index in [-0.39, 0.29) is 17.4 Å². The van der Waals surface area contributed by atoms with Gasteiger partial charge in [0.25, 0.3) is 5.91 Å². The van der Waals surface area contributed by atoms with Gasteiger partial charge in [-0.1, -0.05) is 45.0 Å². The molecule has 0 aliphatic carbocycles. The third kappa shape index (κ3) is 4.05. The van der Waals surface area contributed by atoms with Crippen molar-refractivity contribution in [3.05, 3.63) is 72.2 Å². The smallest absolute Gasteiger partial charge is 0.274 e. The van der Waals surface area contributed by atoms with Gasteiger partial charge in [0.1, 0.15) is 12.0 Å². The van der Waals surface area contributed by atoms with Gasteiger partial charge in [-0.15, -0.1) is 0 Å². The number of benzene rings is 1. The first-order valence-electron chi connectivity index (χ1n) is 9.86. The monoisotopic (exact) mass is 390 g/mol. The summed E-state index contributed by atoms with van der Waals surface area (Å²) in [5.41, 5.74) is 2.84. The number of nitrogens with zero attached hydrogens (tertiary/aromatic N) is 5. The third-order valence-electron chi connectivity index (χ3n) is 5.28. The molecule has 1 N–H and O–H groups in total. The number of carbonyl (C=O) groups excluding carboxylic acids is 1. The van der Waals surface area contributed by atoms with E-state index in [9.17, 15) is 4.79 Å². The van der Waals surface area contributed by atoms with Crippen LogP contribution in [0, 0.1) is 0 Å². The van der Waals surface area contributed by atoms with Crippen LogP contribution in [0.2, 0.25) is 0 Å². The fraction of sp³-hybridized carbons (Fsp3) is 0.364. The van der Waals surface area contributed by atoms with Crippen molar-refractivity contribution in [1.82, 2.24) is 29.7 Å². The van der Waals surface area contributed by atoms with E-state index in [0.29, 0.717) is 18.1 Å². The minimum Gasteiger partial charge on any atom is -0.328 e. The third-order valence-corrected chi connectivity index (χ3v) is 5.28. The van der Waals surface area contributed by atoms with E-state index in [1.165, 1.54) is 11.8 Å². The van der Waals surface area contributed by atoms with Crippen LogP contribution in [0.3, 0.4) is 0 Å². The van der Waals surface area contributed by atoms with Gasteiger partial charge in [-0.05, 0) is 16.5 Å². The lowest BCUT2D eigenvalue weighted by molar-refractivity contribution is 0.0627. The predicted molar refractivity (Wildman–Crippen MR) is 111 cm³/mol. The molecule has 1 aliphatic heterocycles. The fourth-order valence-corrected chi connectivity index (χ4v) is 3.58. The molecular weight excluding hydrogens is 364 g/mol. The second-order valence-electron chi connectivity index (χ2n) is 8.32. The maximum absolute atomic E-state index is 13.3. The molecule has 1 saturated heterocycles. The molecule has 0 radical (unpaired) electrons. The molecule has 29 heavy (non-hydrogen) atoms. The van der Waals surface area contributed by atoms with Crippen molar-refractivity contribution < 1.29 is 4.79 Å². The summed E-state index contributed by atoms with van der Waals surface area (Å²) in [6.07, 6.45) is 8.25. The lowest BCUT2D eigenvalue weighted by Gasteiger charge is -2.36. The molecule has 1 atom stereocenters. The predicted octanol–water partition coefficient (Wildman–Crippen LogP) is 2.75. The van der Waals surface area contributed by atoms with Crippen LogP contribution >= 0.6 is 0 Å². The Kier molecular flexibility index (Phi) is 5.15. The van der Waals surface area contributed by atoms with E-state index in [1.807, 2.05) is 4.90 Å². The molecule has 7 heteroatoms. The number of piperazine rings is 1. The Hall–Kier alpha value is -3.06. The Balaban J connectivity index is 1.61. The molecule has 4 rings (SSSR count). The first kappa shape index (κ1) is 19.3. The standard InChI is InChI=1S/C22H26N6O/c1-22(2,3)17-6-4-16(5-7-17)19-13-23-9-11-28(19)21(29)18-12-25-14-20(26-18)27-10-8-24-15-27/h4-8,10,12,14-15,19,23H,9,11,13H2,1-3H3. The van der Waals surface area contributed by atoms with Crippen molar-refractivity contribution in [3.8, 4) is 5.82 Å². The number of nitrogens with one attached hydrogen (secondary N) is 1. The summed E-state index contributed by atoms with van der Waals surface area (Å²) in [6.45, 7) is 8.71. The highest BCUT2D eigenvalue weighted by Gasteiger charge is 2.30. The highest BCUT2D eigenvalue weighted by atomic mass is 16.2. The van der Waals surface area contributed by atoms with Gasteiger partial charge in [0.2, 0.25) is 0 Å². The van der Waals surface area contributed by atoms with Crippen LogP contribution in [0.25, 0.3) is 5.82 Å². The van der Waals surface area contributed by atoms with E-state index in [2.05, 4.69) is 65.3 Å². The zero-order chi connectivity index (χ0) is 20.4. The average molecular weight is 390 g/mol. The van der Waals surface area contributed by atoms with Gasteiger partial charge < -0.3 is 10.2 Å². The molecule has 150 valence electrons. The Morgan fingerprint density at radius 3 is 2.62 bits per heavy atom. The summed E-state index contributed by atoms with van der Waals surface area (Å²) >= 11 is 0. The summed E-state index contributed by atoms with van der Waals surface area (Å²) in [7, 11) is 0. The number of rotatable bonds is 3. The molecule has 1 amide bonds. The molecule has 7 nitrogen and oxygen atoms in total. The number of hydrogen-bond donors (Lipinski definition) is 1. The quantitative estimate of drug-likeness (QED) is 0.744. The average Bonchev–Trinajstić information content (AvgIpc) is 3.28. The fourth-order valence-electron chi connectivity index (χ4n) is 3.58. The zero-order valence-corrected chi connectivity index (χ0v) is 17.0. The van der Waals surface area contributed by atoms with Crippen molar-refractivity contribution in [1.29, 1.82) is 0 Å². The zero-order valence-electron chi connectivity index (χ0n) is 17.0. The molecule has 2 aromatic heterocycles. The summed E-state index contributed by atoms with van der Waals surface area (Å²) in [4.78, 5) is 28.0. The molecule has 0 spiro atoms. The van der Waals surface area contributed by atoms with Crippen molar-refractivity contribution in [3.63, 3.8) is 0 Å². The number of imidazole rings is 1. The highest BCUT2D eigenvalue weighted by Crippen LogP contribution is 2.27. The lowest BCUT2D eigenvalue weighted by Crippen LogP contribution is -2.49. The van der Waals surface area contributed by atoms with Crippen LogP contribution in [0.1, 0.15) is 48.4 Å². The van der Waals surface area contributed by atoms with Crippen molar-refractivity contribution >= 4 is 5.91 Å². The van der Waals surface area contributed by atoms with Crippen LogP contribution in [-0.4, -0.2) is 50.0 Å². The van der Waals surface area contributed by atoms with Crippen LogP contribution in [0.5, 0.6) is 0 Å².